The van der Waals surface area contributed by atoms with E-state index in [9.17, 15) is 8.78 Å². The molecule has 66 valence electrons. The zero-order valence-corrected chi connectivity index (χ0v) is 6.61. The predicted molar refractivity (Wildman–Crippen MR) is 41.7 cm³/mol. The molecule has 2 nitrogen and oxygen atoms in total. The highest BCUT2D eigenvalue weighted by Gasteiger charge is 1.98. The summed E-state index contributed by atoms with van der Waals surface area (Å²) in [5.74, 6) is 0. The van der Waals surface area contributed by atoms with E-state index in [1.807, 2.05) is 13.1 Å². The van der Waals surface area contributed by atoms with Gasteiger partial charge in [-0.2, -0.15) is 0 Å². The van der Waals surface area contributed by atoms with Gasteiger partial charge >= 0.3 is 0 Å². The highest BCUT2D eigenvalue weighted by atomic mass is 19.3. The van der Waals surface area contributed by atoms with E-state index < -0.39 is 6.43 Å². The first-order valence-corrected chi connectivity index (χ1v) is 3.58. The van der Waals surface area contributed by atoms with Crippen LogP contribution in [0, 0.1) is 0 Å². The van der Waals surface area contributed by atoms with Crippen LogP contribution in [0.3, 0.4) is 0 Å². The van der Waals surface area contributed by atoms with Crippen LogP contribution >= 0.6 is 0 Å². The lowest BCUT2D eigenvalue weighted by Gasteiger charge is -1.98. The third-order valence-corrected chi connectivity index (χ3v) is 1.06. The van der Waals surface area contributed by atoms with Gasteiger partial charge in [-0.05, 0) is 13.2 Å². The van der Waals surface area contributed by atoms with E-state index in [0.717, 1.165) is 6.54 Å². The van der Waals surface area contributed by atoms with Crippen LogP contribution in [0.25, 0.3) is 0 Å². The molecule has 0 saturated carbocycles. The summed E-state index contributed by atoms with van der Waals surface area (Å²) in [7, 11) is 1.82. The molecule has 0 radical (unpaired) electrons. The minimum Gasteiger partial charge on any atom is -0.391 e. The molecule has 0 spiro atoms. The van der Waals surface area contributed by atoms with Crippen LogP contribution < -0.4 is 10.6 Å². The maximum absolute atomic E-state index is 11.5. The number of likely N-dealkylation sites (N-methyl/N-ethyl adjacent to an activating group) is 1. The van der Waals surface area contributed by atoms with Crippen molar-refractivity contribution in [3.05, 3.63) is 12.3 Å². The second kappa shape index (κ2) is 7.47. The van der Waals surface area contributed by atoms with Crippen molar-refractivity contribution in [2.24, 2.45) is 0 Å². The van der Waals surface area contributed by atoms with E-state index in [0.29, 0.717) is 6.54 Å². The Hall–Kier alpha value is -0.640. The molecular weight excluding hydrogens is 150 g/mol. The van der Waals surface area contributed by atoms with Gasteiger partial charge in [0.1, 0.15) is 0 Å². The Morgan fingerprint density at radius 1 is 1.45 bits per heavy atom. The zero-order valence-electron chi connectivity index (χ0n) is 6.61. The van der Waals surface area contributed by atoms with Gasteiger partial charge in [-0.25, -0.2) is 8.78 Å². The highest BCUT2D eigenvalue weighted by Crippen LogP contribution is 1.95. The molecule has 0 aromatic rings. The van der Waals surface area contributed by atoms with E-state index in [1.165, 1.54) is 0 Å². The first-order chi connectivity index (χ1) is 5.27. The van der Waals surface area contributed by atoms with Gasteiger partial charge in [0.2, 0.25) is 6.43 Å². The maximum atomic E-state index is 11.5. The average molecular weight is 164 g/mol. The molecule has 2 N–H and O–H groups in total. The van der Waals surface area contributed by atoms with Crippen molar-refractivity contribution in [1.82, 2.24) is 10.6 Å². The fourth-order valence-electron chi connectivity index (χ4n) is 0.536. The Kier molecular flexibility index (Phi) is 7.03. The second-order valence-electron chi connectivity index (χ2n) is 2.09. The topological polar surface area (TPSA) is 24.1 Å². The van der Waals surface area contributed by atoms with Gasteiger partial charge in [0.05, 0.1) is 0 Å². The van der Waals surface area contributed by atoms with Gasteiger partial charge in [-0.3, -0.25) is 0 Å². The van der Waals surface area contributed by atoms with Crippen LogP contribution in [0.1, 0.15) is 6.42 Å². The van der Waals surface area contributed by atoms with Crippen molar-refractivity contribution in [2.45, 2.75) is 12.8 Å². The summed E-state index contributed by atoms with van der Waals surface area (Å²) in [5, 5.41) is 5.64. The summed E-state index contributed by atoms with van der Waals surface area (Å²) >= 11 is 0. The van der Waals surface area contributed by atoms with Gasteiger partial charge in [-0.1, -0.05) is 6.08 Å². The van der Waals surface area contributed by atoms with E-state index in [1.54, 1.807) is 6.20 Å². The van der Waals surface area contributed by atoms with Gasteiger partial charge < -0.3 is 10.6 Å². The number of nitrogens with one attached hydrogen (secondary N) is 2. The van der Waals surface area contributed by atoms with Gasteiger partial charge in [0, 0.05) is 19.5 Å². The normalized spacial score (nSPS) is 11.3. The lowest BCUT2D eigenvalue weighted by Crippen LogP contribution is -2.12. The van der Waals surface area contributed by atoms with E-state index in [2.05, 4.69) is 10.6 Å². The summed E-state index contributed by atoms with van der Waals surface area (Å²) in [6.07, 6.45) is 1.22. The van der Waals surface area contributed by atoms with E-state index in [-0.39, 0.29) is 6.42 Å². The molecule has 0 aromatic carbocycles. The molecule has 0 amide bonds. The van der Waals surface area contributed by atoms with Gasteiger partial charge in [0.25, 0.3) is 0 Å². The largest absolute Gasteiger partial charge is 0.391 e. The van der Waals surface area contributed by atoms with Crippen LogP contribution in [-0.4, -0.2) is 26.6 Å². The molecule has 0 rings (SSSR count). The van der Waals surface area contributed by atoms with Crippen molar-refractivity contribution in [3.63, 3.8) is 0 Å². The molecular formula is C7H14F2N2. The van der Waals surface area contributed by atoms with Crippen LogP contribution in [0.15, 0.2) is 12.3 Å². The summed E-state index contributed by atoms with van der Waals surface area (Å²) < 4.78 is 23.1. The lowest BCUT2D eigenvalue weighted by molar-refractivity contribution is 0.138. The molecule has 11 heavy (non-hydrogen) atoms. The Morgan fingerprint density at radius 2 is 2.18 bits per heavy atom. The third kappa shape index (κ3) is 9.36. The minimum absolute atomic E-state index is 0.0934. The van der Waals surface area contributed by atoms with Crippen molar-refractivity contribution in [1.29, 1.82) is 0 Å². The minimum atomic E-state index is -2.21. The lowest BCUT2D eigenvalue weighted by atomic mass is 10.4. The van der Waals surface area contributed by atoms with Crippen molar-refractivity contribution < 1.29 is 8.78 Å². The Morgan fingerprint density at radius 3 is 2.73 bits per heavy atom. The van der Waals surface area contributed by atoms with E-state index in [4.69, 9.17) is 0 Å². The van der Waals surface area contributed by atoms with Gasteiger partial charge in [-0.15, -0.1) is 0 Å². The van der Waals surface area contributed by atoms with E-state index >= 15 is 0 Å². The summed E-state index contributed by atoms with van der Waals surface area (Å²) in [4.78, 5) is 0. The molecule has 0 aromatic heterocycles. The molecule has 0 atom stereocenters. The van der Waals surface area contributed by atoms with Crippen LogP contribution in [0.4, 0.5) is 8.78 Å². The van der Waals surface area contributed by atoms with Crippen LogP contribution in [0.5, 0.6) is 0 Å². The first kappa shape index (κ1) is 10.4. The average Bonchev–Trinajstić information content (AvgIpc) is 1.96. The molecule has 0 saturated heterocycles. The molecule has 0 aliphatic carbocycles. The number of hydrogen-bond acceptors (Lipinski definition) is 2. The molecule has 0 bridgehead atoms. The quantitative estimate of drug-likeness (QED) is 0.571. The SMILES string of the molecule is CNC/C=C/NCCC(F)F. The second-order valence-corrected chi connectivity index (χ2v) is 2.09. The summed E-state index contributed by atoms with van der Waals surface area (Å²) in [6, 6.07) is 0. The van der Waals surface area contributed by atoms with Crippen LogP contribution in [0.2, 0.25) is 0 Å². The van der Waals surface area contributed by atoms with Crippen molar-refractivity contribution in [3.8, 4) is 0 Å². The monoisotopic (exact) mass is 164 g/mol. The molecule has 4 heteroatoms. The first-order valence-electron chi connectivity index (χ1n) is 3.58. The fraction of sp³-hybridized carbons (Fsp3) is 0.714. The third-order valence-electron chi connectivity index (χ3n) is 1.06. The smallest absolute Gasteiger partial charge is 0.240 e. The predicted octanol–water partition coefficient (Wildman–Crippen LogP) is 0.964. The number of hydrogen-bond donors (Lipinski definition) is 2. The molecule has 0 unspecified atom stereocenters. The Labute approximate surface area is 65.7 Å². The van der Waals surface area contributed by atoms with Crippen LogP contribution in [-0.2, 0) is 0 Å². The summed E-state index contributed by atoms with van der Waals surface area (Å²) in [5.41, 5.74) is 0. The Bertz CT molecular complexity index is 105. The maximum Gasteiger partial charge on any atom is 0.240 e. The molecule has 0 heterocycles. The standard InChI is InChI=1S/C7H14F2N2/c1-10-4-2-5-11-6-3-7(8)9/h2,5,7,10-11H,3-4,6H2,1H3/b5-2+. The summed E-state index contributed by atoms with van der Waals surface area (Å²) in [6.45, 7) is 1.08. The number of alkyl halides is 2. The molecule has 0 fully saturated rings. The number of rotatable bonds is 6. The van der Waals surface area contributed by atoms with Gasteiger partial charge in [0.15, 0.2) is 0 Å². The Balaban J connectivity index is 3.01. The molecule has 0 aliphatic rings. The molecule has 0 aliphatic heterocycles. The van der Waals surface area contributed by atoms with Crippen molar-refractivity contribution >= 4 is 0 Å². The fourth-order valence-corrected chi connectivity index (χ4v) is 0.536. The highest BCUT2D eigenvalue weighted by molar-refractivity contribution is 4.80. The number of halogens is 2. The zero-order chi connectivity index (χ0) is 8.53. The van der Waals surface area contributed by atoms with Crippen molar-refractivity contribution in [2.75, 3.05) is 20.1 Å².